The Hall–Kier alpha value is -2.11. The van der Waals surface area contributed by atoms with Crippen molar-refractivity contribution in [2.45, 2.75) is 0 Å². The van der Waals surface area contributed by atoms with Gasteiger partial charge in [0.15, 0.2) is 5.65 Å². The Labute approximate surface area is 78.8 Å². The van der Waals surface area contributed by atoms with Gasteiger partial charge in [0.05, 0.1) is 13.3 Å². The van der Waals surface area contributed by atoms with Gasteiger partial charge in [0.25, 0.3) is 0 Å². The minimum absolute atomic E-state index is 0.0592. The second-order valence-corrected chi connectivity index (χ2v) is 2.60. The number of aromatic carboxylic acids is 1. The van der Waals surface area contributed by atoms with E-state index in [1.165, 1.54) is 17.8 Å². The highest BCUT2D eigenvalue weighted by molar-refractivity contribution is 5.94. The average molecular weight is 193 g/mol. The monoisotopic (exact) mass is 193 g/mol. The lowest BCUT2D eigenvalue weighted by molar-refractivity contribution is 0.0699. The van der Waals surface area contributed by atoms with Crippen molar-refractivity contribution in [3.8, 4) is 5.88 Å². The molecule has 0 unspecified atom stereocenters. The van der Waals surface area contributed by atoms with Crippen molar-refractivity contribution in [2.75, 3.05) is 7.11 Å². The van der Waals surface area contributed by atoms with Gasteiger partial charge in [-0.2, -0.15) is 10.1 Å². The Kier molecular flexibility index (Phi) is 1.81. The van der Waals surface area contributed by atoms with E-state index in [4.69, 9.17) is 9.84 Å². The fourth-order valence-electron chi connectivity index (χ4n) is 1.12. The molecule has 0 fully saturated rings. The molecule has 0 radical (unpaired) electrons. The Balaban J connectivity index is 2.69. The maximum atomic E-state index is 10.7. The number of carbonyl (C=O) groups is 1. The van der Waals surface area contributed by atoms with E-state index < -0.39 is 5.97 Å². The summed E-state index contributed by atoms with van der Waals surface area (Å²) in [6.45, 7) is 0. The van der Waals surface area contributed by atoms with E-state index in [0.29, 0.717) is 5.88 Å². The molecule has 0 aromatic carbocycles. The summed E-state index contributed by atoms with van der Waals surface area (Å²) in [5.74, 6) is -0.693. The zero-order valence-electron chi connectivity index (χ0n) is 7.34. The first-order chi connectivity index (χ1) is 6.72. The lowest BCUT2D eigenvalue weighted by Gasteiger charge is -1.98. The van der Waals surface area contributed by atoms with Crippen LogP contribution in [0.5, 0.6) is 5.88 Å². The summed E-state index contributed by atoms with van der Waals surface area (Å²) in [7, 11) is 1.47. The first-order valence-corrected chi connectivity index (χ1v) is 3.84. The largest absolute Gasteiger partial charge is 0.481 e. The fraction of sp³-hybridized carbons (Fsp3) is 0.125. The Morgan fingerprint density at radius 2 is 2.43 bits per heavy atom. The molecule has 0 aliphatic rings. The highest BCUT2D eigenvalue weighted by Gasteiger charge is 2.12. The van der Waals surface area contributed by atoms with Gasteiger partial charge in [-0.15, -0.1) is 0 Å². The van der Waals surface area contributed by atoms with Gasteiger partial charge in [-0.05, 0) is 0 Å². The summed E-state index contributed by atoms with van der Waals surface area (Å²) < 4.78 is 6.26. The maximum absolute atomic E-state index is 10.7. The highest BCUT2D eigenvalue weighted by atomic mass is 16.5. The van der Waals surface area contributed by atoms with Crippen LogP contribution in [0, 0.1) is 0 Å². The van der Waals surface area contributed by atoms with Crippen molar-refractivity contribution >= 4 is 11.6 Å². The van der Waals surface area contributed by atoms with Crippen molar-refractivity contribution in [2.24, 2.45) is 0 Å². The lowest BCUT2D eigenvalue weighted by Crippen LogP contribution is -1.98. The maximum Gasteiger partial charge on any atom is 0.341 e. The lowest BCUT2D eigenvalue weighted by atomic mass is 10.3. The summed E-state index contributed by atoms with van der Waals surface area (Å²) in [6, 6.07) is 1.60. The van der Waals surface area contributed by atoms with E-state index in [0.717, 1.165) is 0 Å². The first kappa shape index (κ1) is 8.49. The summed E-state index contributed by atoms with van der Waals surface area (Å²) in [5.41, 5.74) is 0.334. The molecule has 0 saturated carbocycles. The fourth-order valence-corrected chi connectivity index (χ4v) is 1.12. The molecular weight excluding hydrogens is 186 g/mol. The number of carboxylic acid groups (broad SMARTS) is 1. The molecule has 1 N–H and O–H groups in total. The van der Waals surface area contributed by atoms with Gasteiger partial charge in [0.1, 0.15) is 5.56 Å². The molecule has 6 heteroatoms. The second kappa shape index (κ2) is 2.99. The molecule has 0 bridgehead atoms. The van der Waals surface area contributed by atoms with Crippen molar-refractivity contribution in [3.05, 3.63) is 24.0 Å². The van der Waals surface area contributed by atoms with Crippen LogP contribution in [-0.2, 0) is 0 Å². The standard InChI is InChI=1S/C8H7N3O3/c1-14-6-2-3-11-7(10-6)5(4-9-11)8(12)13/h2-4H,1H3,(H,12,13). The average Bonchev–Trinajstić information content (AvgIpc) is 2.59. The minimum Gasteiger partial charge on any atom is -0.481 e. The quantitative estimate of drug-likeness (QED) is 0.748. The second-order valence-electron chi connectivity index (χ2n) is 2.60. The number of fused-ring (bicyclic) bond motifs is 1. The number of aromatic nitrogens is 3. The number of hydrogen-bond acceptors (Lipinski definition) is 4. The Morgan fingerprint density at radius 3 is 3.07 bits per heavy atom. The van der Waals surface area contributed by atoms with Gasteiger partial charge in [-0.3, -0.25) is 0 Å². The number of rotatable bonds is 2. The van der Waals surface area contributed by atoms with Gasteiger partial charge >= 0.3 is 5.97 Å². The van der Waals surface area contributed by atoms with Gasteiger partial charge in [0.2, 0.25) is 5.88 Å². The van der Waals surface area contributed by atoms with E-state index in [-0.39, 0.29) is 11.2 Å². The molecule has 0 aliphatic heterocycles. The van der Waals surface area contributed by atoms with Gasteiger partial charge < -0.3 is 9.84 Å². The molecule has 2 aromatic heterocycles. The minimum atomic E-state index is -1.05. The van der Waals surface area contributed by atoms with Crippen molar-refractivity contribution in [1.29, 1.82) is 0 Å². The van der Waals surface area contributed by atoms with Crippen molar-refractivity contribution in [1.82, 2.24) is 14.6 Å². The summed E-state index contributed by atoms with van der Waals surface area (Å²) >= 11 is 0. The van der Waals surface area contributed by atoms with E-state index >= 15 is 0 Å². The SMILES string of the molecule is COc1ccn2ncc(C(=O)O)c2n1. The molecule has 14 heavy (non-hydrogen) atoms. The molecular formula is C8H7N3O3. The molecule has 2 aromatic rings. The number of methoxy groups -OCH3 is 1. The summed E-state index contributed by atoms with van der Waals surface area (Å²) in [5, 5.41) is 12.6. The van der Waals surface area contributed by atoms with Crippen LogP contribution in [0.3, 0.4) is 0 Å². The normalized spacial score (nSPS) is 10.4. The molecule has 0 spiro atoms. The topological polar surface area (TPSA) is 76.7 Å². The van der Waals surface area contributed by atoms with E-state index in [2.05, 4.69) is 10.1 Å². The van der Waals surface area contributed by atoms with E-state index in [9.17, 15) is 4.79 Å². The summed E-state index contributed by atoms with van der Waals surface area (Å²) in [4.78, 5) is 14.7. The van der Waals surface area contributed by atoms with E-state index in [1.807, 2.05) is 0 Å². The predicted molar refractivity (Wildman–Crippen MR) is 46.5 cm³/mol. The summed E-state index contributed by atoms with van der Waals surface area (Å²) in [6.07, 6.45) is 2.84. The Morgan fingerprint density at radius 1 is 1.64 bits per heavy atom. The van der Waals surface area contributed by atoms with Crippen LogP contribution in [0.1, 0.15) is 10.4 Å². The van der Waals surface area contributed by atoms with Crippen LogP contribution >= 0.6 is 0 Å². The van der Waals surface area contributed by atoms with Crippen LogP contribution < -0.4 is 4.74 Å². The van der Waals surface area contributed by atoms with Crippen LogP contribution in [0.4, 0.5) is 0 Å². The number of ether oxygens (including phenoxy) is 1. The molecule has 2 rings (SSSR count). The highest BCUT2D eigenvalue weighted by Crippen LogP contribution is 2.12. The molecule has 0 amide bonds. The number of hydrogen-bond donors (Lipinski definition) is 1. The molecule has 0 saturated heterocycles. The first-order valence-electron chi connectivity index (χ1n) is 3.84. The van der Waals surface area contributed by atoms with Gasteiger partial charge in [-0.1, -0.05) is 0 Å². The van der Waals surface area contributed by atoms with Crippen LogP contribution in [-0.4, -0.2) is 32.8 Å². The van der Waals surface area contributed by atoms with E-state index in [1.54, 1.807) is 12.3 Å². The third-order valence-electron chi connectivity index (χ3n) is 1.78. The number of nitrogens with zero attached hydrogens (tertiary/aromatic N) is 3. The van der Waals surface area contributed by atoms with Gasteiger partial charge in [0, 0.05) is 12.3 Å². The van der Waals surface area contributed by atoms with Crippen LogP contribution in [0.15, 0.2) is 18.5 Å². The Bertz CT molecular complexity index is 492. The molecule has 0 aliphatic carbocycles. The van der Waals surface area contributed by atoms with Crippen molar-refractivity contribution in [3.63, 3.8) is 0 Å². The van der Waals surface area contributed by atoms with Crippen molar-refractivity contribution < 1.29 is 14.6 Å². The molecule has 72 valence electrons. The zero-order valence-corrected chi connectivity index (χ0v) is 7.34. The van der Waals surface area contributed by atoms with Crippen LogP contribution in [0.2, 0.25) is 0 Å². The number of carboxylic acids is 1. The van der Waals surface area contributed by atoms with Crippen LogP contribution in [0.25, 0.3) is 5.65 Å². The third-order valence-corrected chi connectivity index (χ3v) is 1.78. The van der Waals surface area contributed by atoms with Gasteiger partial charge in [-0.25, -0.2) is 9.31 Å². The predicted octanol–water partition coefficient (Wildman–Crippen LogP) is 0.436. The zero-order chi connectivity index (χ0) is 10.1. The molecule has 2 heterocycles. The molecule has 6 nitrogen and oxygen atoms in total. The molecule has 0 atom stereocenters. The third kappa shape index (κ3) is 1.17. The smallest absolute Gasteiger partial charge is 0.341 e.